The second-order valence-corrected chi connectivity index (χ2v) is 3.78. The van der Waals surface area contributed by atoms with Gasteiger partial charge in [-0.15, -0.1) is 0 Å². The second kappa shape index (κ2) is 3.84. The number of aromatic amines is 1. The zero-order valence-electron chi connectivity index (χ0n) is 7.50. The molecule has 1 aromatic rings. The van der Waals surface area contributed by atoms with Crippen LogP contribution < -0.4 is 5.73 Å². The molecule has 0 radical (unpaired) electrons. The Morgan fingerprint density at radius 2 is 2.29 bits per heavy atom. The van der Waals surface area contributed by atoms with Crippen LogP contribution >= 0.6 is 15.9 Å². The second-order valence-electron chi connectivity index (χ2n) is 2.99. The van der Waals surface area contributed by atoms with E-state index in [0.717, 1.165) is 22.2 Å². The van der Waals surface area contributed by atoms with Crippen molar-refractivity contribution in [2.75, 3.05) is 5.73 Å². The number of nitrogens with one attached hydrogen (secondary N) is 1. The SMILES string of the molecule is Nc1n[nH]c(C2=CC=CCC=C2)c1Br. The highest BCUT2D eigenvalue weighted by molar-refractivity contribution is 9.10. The predicted molar refractivity (Wildman–Crippen MR) is 61.6 cm³/mol. The Hall–Kier alpha value is -1.29. The first kappa shape index (κ1) is 9.27. The molecule has 1 aliphatic rings. The van der Waals surface area contributed by atoms with Crippen LogP contribution in [0.2, 0.25) is 0 Å². The van der Waals surface area contributed by atoms with Crippen LogP contribution in [0, 0.1) is 0 Å². The van der Waals surface area contributed by atoms with Crippen molar-refractivity contribution in [1.82, 2.24) is 10.2 Å². The maximum Gasteiger partial charge on any atom is 0.160 e. The van der Waals surface area contributed by atoms with Crippen LogP contribution in [0.4, 0.5) is 5.82 Å². The number of H-pyrrole nitrogens is 1. The molecule has 0 aromatic carbocycles. The molecule has 1 aliphatic carbocycles. The molecule has 0 amide bonds. The van der Waals surface area contributed by atoms with E-state index in [1.165, 1.54) is 0 Å². The van der Waals surface area contributed by atoms with Gasteiger partial charge in [0.1, 0.15) is 0 Å². The van der Waals surface area contributed by atoms with Gasteiger partial charge >= 0.3 is 0 Å². The number of hydrogen-bond acceptors (Lipinski definition) is 2. The minimum atomic E-state index is 0.488. The van der Waals surface area contributed by atoms with E-state index in [-0.39, 0.29) is 0 Å². The van der Waals surface area contributed by atoms with Crippen molar-refractivity contribution in [3.05, 3.63) is 40.5 Å². The lowest BCUT2D eigenvalue weighted by molar-refractivity contribution is 1.08. The number of halogens is 1. The number of nitrogens with two attached hydrogens (primary N) is 1. The molecule has 0 aliphatic heterocycles. The van der Waals surface area contributed by atoms with Gasteiger partial charge in [0.15, 0.2) is 5.82 Å². The number of aromatic nitrogens is 2. The van der Waals surface area contributed by atoms with Crippen molar-refractivity contribution < 1.29 is 0 Å². The molecule has 4 heteroatoms. The first-order valence-corrected chi connectivity index (χ1v) is 5.11. The van der Waals surface area contributed by atoms with Crippen molar-refractivity contribution in [2.24, 2.45) is 0 Å². The standard InChI is InChI=1S/C10H10BrN3/c11-8-9(13-14-10(8)12)7-5-3-1-2-4-6-7/h1,3-6H,2H2,(H3,12,13,14). The fourth-order valence-corrected chi connectivity index (χ4v) is 1.69. The highest BCUT2D eigenvalue weighted by Gasteiger charge is 2.09. The Labute approximate surface area is 90.5 Å². The Morgan fingerprint density at radius 1 is 1.43 bits per heavy atom. The normalized spacial score (nSPS) is 15.4. The van der Waals surface area contributed by atoms with E-state index < -0.39 is 0 Å². The number of anilines is 1. The maximum atomic E-state index is 5.63. The van der Waals surface area contributed by atoms with E-state index in [2.05, 4.69) is 44.4 Å². The minimum Gasteiger partial charge on any atom is -0.381 e. The van der Waals surface area contributed by atoms with Crippen molar-refractivity contribution in [3.63, 3.8) is 0 Å². The van der Waals surface area contributed by atoms with Gasteiger partial charge in [-0.05, 0) is 22.4 Å². The third-order valence-electron chi connectivity index (χ3n) is 2.00. The van der Waals surface area contributed by atoms with Gasteiger partial charge in [-0.2, -0.15) is 5.10 Å². The molecule has 3 nitrogen and oxygen atoms in total. The monoisotopic (exact) mass is 251 g/mol. The van der Waals surface area contributed by atoms with Gasteiger partial charge in [-0.25, -0.2) is 0 Å². The third kappa shape index (κ3) is 1.65. The lowest BCUT2D eigenvalue weighted by Crippen LogP contribution is -1.84. The zero-order chi connectivity index (χ0) is 9.97. The first-order chi connectivity index (χ1) is 6.79. The Morgan fingerprint density at radius 3 is 3.00 bits per heavy atom. The number of nitrogens with zero attached hydrogens (tertiary/aromatic N) is 1. The van der Waals surface area contributed by atoms with Gasteiger partial charge in [0.2, 0.25) is 0 Å². The van der Waals surface area contributed by atoms with Crippen LogP contribution in [-0.4, -0.2) is 10.2 Å². The molecule has 3 N–H and O–H groups in total. The summed E-state index contributed by atoms with van der Waals surface area (Å²) in [6, 6.07) is 0. The van der Waals surface area contributed by atoms with Crippen LogP contribution in [0.3, 0.4) is 0 Å². The molecule has 0 atom stereocenters. The lowest BCUT2D eigenvalue weighted by Gasteiger charge is -1.97. The highest BCUT2D eigenvalue weighted by atomic mass is 79.9. The summed E-state index contributed by atoms with van der Waals surface area (Å²) in [4.78, 5) is 0. The summed E-state index contributed by atoms with van der Waals surface area (Å²) in [5.41, 5.74) is 7.63. The Kier molecular flexibility index (Phi) is 2.54. The molecule has 2 rings (SSSR count). The summed E-state index contributed by atoms with van der Waals surface area (Å²) < 4.78 is 0.823. The highest BCUT2D eigenvalue weighted by Crippen LogP contribution is 2.28. The van der Waals surface area contributed by atoms with E-state index in [1.54, 1.807) is 0 Å². The van der Waals surface area contributed by atoms with Crippen LogP contribution in [0.15, 0.2) is 34.9 Å². The van der Waals surface area contributed by atoms with E-state index in [4.69, 9.17) is 5.73 Å². The molecule has 1 aromatic heterocycles. The van der Waals surface area contributed by atoms with E-state index in [0.29, 0.717) is 5.82 Å². The van der Waals surface area contributed by atoms with E-state index in [1.807, 2.05) is 12.2 Å². The topological polar surface area (TPSA) is 54.7 Å². The van der Waals surface area contributed by atoms with Gasteiger partial charge in [-0.1, -0.05) is 30.4 Å². The quantitative estimate of drug-likeness (QED) is 0.807. The number of nitrogen functional groups attached to an aromatic ring is 1. The fourth-order valence-electron chi connectivity index (χ4n) is 1.28. The molecule has 0 saturated carbocycles. The summed E-state index contributed by atoms with van der Waals surface area (Å²) in [6.45, 7) is 0. The molecule has 72 valence electrons. The molecule has 0 fully saturated rings. The van der Waals surface area contributed by atoms with Crippen molar-refractivity contribution in [2.45, 2.75) is 6.42 Å². The van der Waals surface area contributed by atoms with Gasteiger partial charge in [0.05, 0.1) is 10.2 Å². The Bertz CT molecular complexity index is 427. The first-order valence-electron chi connectivity index (χ1n) is 4.32. The van der Waals surface area contributed by atoms with Gasteiger partial charge in [-0.3, -0.25) is 5.10 Å². The molecule has 0 unspecified atom stereocenters. The van der Waals surface area contributed by atoms with Crippen LogP contribution in [0.5, 0.6) is 0 Å². The van der Waals surface area contributed by atoms with Gasteiger partial charge < -0.3 is 5.73 Å². The number of allylic oxidation sites excluding steroid dienone is 6. The lowest BCUT2D eigenvalue weighted by atomic mass is 10.1. The molecular formula is C10H10BrN3. The fraction of sp³-hybridized carbons (Fsp3) is 0.100. The average molecular weight is 252 g/mol. The summed E-state index contributed by atoms with van der Waals surface area (Å²) in [6.07, 6.45) is 11.3. The third-order valence-corrected chi connectivity index (χ3v) is 2.81. The van der Waals surface area contributed by atoms with Crippen LogP contribution in [0.25, 0.3) is 5.57 Å². The smallest absolute Gasteiger partial charge is 0.160 e. The summed E-state index contributed by atoms with van der Waals surface area (Å²) in [7, 11) is 0. The van der Waals surface area contributed by atoms with Crippen molar-refractivity contribution in [1.29, 1.82) is 0 Å². The molecule has 0 spiro atoms. The summed E-state index contributed by atoms with van der Waals surface area (Å²) in [5.74, 6) is 0.488. The number of rotatable bonds is 1. The average Bonchev–Trinajstić information content (AvgIpc) is 2.47. The largest absolute Gasteiger partial charge is 0.381 e. The molecule has 0 bridgehead atoms. The summed E-state index contributed by atoms with van der Waals surface area (Å²) in [5, 5.41) is 6.82. The number of hydrogen-bond donors (Lipinski definition) is 2. The van der Waals surface area contributed by atoms with Gasteiger partial charge in [0, 0.05) is 5.57 Å². The van der Waals surface area contributed by atoms with E-state index in [9.17, 15) is 0 Å². The Balaban J connectivity index is 2.44. The predicted octanol–water partition coefficient (Wildman–Crippen LogP) is 2.65. The van der Waals surface area contributed by atoms with Gasteiger partial charge in [0.25, 0.3) is 0 Å². The maximum absolute atomic E-state index is 5.63. The zero-order valence-corrected chi connectivity index (χ0v) is 9.08. The molecule has 0 saturated heterocycles. The summed E-state index contributed by atoms with van der Waals surface area (Å²) >= 11 is 3.39. The molecular weight excluding hydrogens is 242 g/mol. The van der Waals surface area contributed by atoms with E-state index >= 15 is 0 Å². The van der Waals surface area contributed by atoms with Crippen LogP contribution in [-0.2, 0) is 0 Å². The van der Waals surface area contributed by atoms with Crippen molar-refractivity contribution in [3.8, 4) is 0 Å². The van der Waals surface area contributed by atoms with Crippen molar-refractivity contribution >= 4 is 27.3 Å². The van der Waals surface area contributed by atoms with Crippen LogP contribution in [0.1, 0.15) is 12.1 Å². The minimum absolute atomic E-state index is 0.488. The molecule has 14 heavy (non-hydrogen) atoms. The molecule has 1 heterocycles.